The van der Waals surface area contributed by atoms with Gasteiger partial charge in [-0.25, -0.2) is 0 Å². The molecule has 1 unspecified atom stereocenters. The summed E-state index contributed by atoms with van der Waals surface area (Å²) in [5, 5.41) is 6.07. The van der Waals surface area contributed by atoms with Gasteiger partial charge in [0.05, 0.1) is 12.3 Å². The first kappa shape index (κ1) is 16.5. The lowest BCUT2D eigenvalue weighted by atomic mass is 10.2. The van der Waals surface area contributed by atoms with Crippen molar-refractivity contribution in [2.75, 3.05) is 25.0 Å². The molecule has 1 atom stereocenters. The largest absolute Gasteiger partial charge is 0.487 e. The van der Waals surface area contributed by atoms with Crippen molar-refractivity contribution < 1.29 is 14.3 Å². The molecule has 5 heteroatoms. The van der Waals surface area contributed by atoms with E-state index in [1.54, 1.807) is 0 Å². The molecule has 3 rings (SSSR count). The van der Waals surface area contributed by atoms with Gasteiger partial charge in [0.15, 0.2) is 0 Å². The van der Waals surface area contributed by atoms with E-state index < -0.39 is 6.10 Å². The van der Waals surface area contributed by atoms with Crippen LogP contribution in [-0.4, -0.2) is 31.7 Å². The van der Waals surface area contributed by atoms with Gasteiger partial charge in [0.2, 0.25) is 0 Å². The zero-order chi connectivity index (χ0) is 16.8. The molecule has 1 saturated heterocycles. The van der Waals surface area contributed by atoms with E-state index in [9.17, 15) is 4.79 Å². The average molecular weight is 326 g/mol. The maximum atomic E-state index is 12.3. The second-order valence-electron chi connectivity index (χ2n) is 5.83. The van der Waals surface area contributed by atoms with Crippen LogP contribution in [0, 0.1) is 6.92 Å². The summed E-state index contributed by atoms with van der Waals surface area (Å²) >= 11 is 0. The van der Waals surface area contributed by atoms with Gasteiger partial charge in [-0.3, -0.25) is 4.79 Å². The van der Waals surface area contributed by atoms with Crippen LogP contribution in [0.25, 0.3) is 0 Å². The highest BCUT2D eigenvalue weighted by atomic mass is 16.5. The SMILES string of the molecule is Cc1ccc(NC(=O)C2CNCCO2)c(OCc2ccccc2)c1. The number of ether oxygens (including phenoxy) is 2. The molecule has 126 valence electrons. The Balaban J connectivity index is 1.69. The van der Waals surface area contributed by atoms with Gasteiger partial charge in [-0.1, -0.05) is 36.4 Å². The van der Waals surface area contributed by atoms with E-state index in [1.165, 1.54) is 0 Å². The molecular formula is C19H22N2O3. The third-order valence-electron chi connectivity index (χ3n) is 3.85. The summed E-state index contributed by atoms with van der Waals surface area (Å²) in [7, 11) is 0. The van der Waals surface area contributed by atoms with Crippen molar-refractivity contribution in [2.45, 2.75) is 19.6 Å². The summed E-state index contributed by atoms with van der Waals surface area (Å²) in [4.78, 5) is 12.3. The van der Waals surface area contributed by atoms with Gasteiger partial charge in [-0.15, -0.1) is 0 Å². The van der Waals surface area contributed by atoms with E-state index >= 15 is 0 Å². The topological polar surface area (TPSA) is 59.6 Å². The highest BCUT2D eigenvalue weighted by Gasteiger charge is 2.22. The van der Waals surface area contributed by atoms with Gasteiger partial charge in [-0.05, 0) is 30.2 Å². The number of carbonyl (C=O) groups excluding carboxylic acids is 1. The predicted molar refractivity (Wildman–Crippen MR) is 93.2 cm³/mol. The number of nitrogens with one attached hydrogen (secondary N) is 2. The van der Waals surface area contributed by atoms with Crippen molar-refractivity contribution in [1.82, 2.24) is 5.32 Å². The lowest BCUT2D eigenvalue weighted by molar-refractivity contribution is -0.128. The molecular weight excluding hydrogens is 304 g/mol. The van der Waals surface area contributed by atoms with E-state index in [-0.39, 0.29) is 5.91 Å². The van der Waals surface area contributed by atoms with Gasteiger partial charge in [0.25, 0.3) is 5.91 Å². The third kappa shape index (κ3) is 4.34. The average Bonchev–Trinajstić information content (AvgIpc) is 2.63. The predicted octanol–water partition coefficient (Wildman–Crippen LogP) is 2.50. The number of anilines is 1. The van der Waals surface area contributed by atoms with Gasteiger partial charge < -0.3 is 20.1 Å². The first-order chi connectivity index (χ1) is 11.7. The minimum absolute atomic E-state index is 0.157. The van der Waals surface area contributed by atoms with Gasteiger partial charge in [0.1, 0.15) is 18.5 Å². The van der Waals surface area contributed by atoms with Crippen molar-refractivity contribution in [3.63, 3.8) is 0 Å². The molecule has 2 aromatic rings. The molecule has 1 fully saturated rings. The number of rotatable bonds is 5. The van der Waals surface area contributed by atoms with E-state index in [0.29, 0.717) is 31.2 Å². The Hall–Kier alpha value is -2.37. The standard InChI is InChI=1S/C19H22N2O3/c1-14-7-8-16(21-19(22)18-12-20-9-10-23-18)17(11-14)24-13-15-5-3-2-4-6-15/h2-8,11,18,20H,9-10,12-13H2,1H3,(H,21,22). The minimum atomic E-state index is -0.470. The molecule has 24 heavy (non-hydrogen) atoms. The Bertz CT molecular complexity index is 682. The van der Waals surface area contributed by atoms with Gasteiger partial charge in [-0.2, -0.15) is 0 Å². The van der Waals surface area contributed by atoms with E-state index in [2.05, 4.69) is 10.6 Å². The molecule has 0 radical (unpaired) electrons. The Kier molecular flexibility index (Phi) is 5.46. The van der Waals surface area contributed by atoms with E-state index in [1.807, 2.05) is 55.5 Å². The van der Waals surface area contributed by atoms with Crippen LogP contribution in [0.1, 0.15) is 11.1 Å². The van der Waals surface area contributed by atoms with Crippen LogP contribution in [0.2, 0.25) is 0 Å². The quantitative estimate of drug-likeness (QED) is 0.886. The second-order valence-corrected chi connectivity index (χ2v) is 5.83. The molecule has 1 heterocycles. The van der Waals surface area contributed by atoms with Crippen LogP contribution in [0.4, 0.5) is 5.69 Å². The molecule has 1 aliphatic heterocycles. The number of benzene rings is 2. The van der Waals surface area contributed by atoms with Crippen molar-refractivity contribution in [2.24, 2.45) is 0 Å². The fourth-order valence-corrected chi connectivity index (χ4v) is 2.53. The monoisotopic (exact) mass is 326 g/mol. The Morgan fingerprint density at radius 2 is 2.12 bits per heavy atom. The zero-order valence-electron chi connectivity index (χ0n) is 13.7. The molecule has 2 aromatic carbocycles. The summed E-state index contributed by atoms with van der Waals surface area (Å²) in [5.74, 6) is 0.506. The molecule has 2 N–H and O–H groups in total. The van der Waals surface area contributed by atoms with Gasteiger partial charge >= 0.3 is 0 Å². The smallest absolute Gasteiger partial charge is 0.254 e. The molecule has 0 spiro atoms. The van der Waals surface area contributed by atoms with Crippen molar-refractivity contribution in [3.8, 4) is 5.75 Å². The number of morpholine rings is 1. The number of amides is 1. The first-order valence-electron chi connectivity index (χ1n) is 8.13. The summed E-state index contributed by atoms with van der Waals surface area (Å²) < 4.78 is 11.4. The van der Waals surface area contributed by atoms with Crippen LogP contribution >= 0.6 is 0 Å². The molecule has 5 nitrogen and oxygen atoms in total. The van der Waals surface area contributed by atoms with Crippen LogP contribution in [0.5, 0.6) is 5.75 Å². The second kappa shape index (κ2) is 7.95. The van der Waals surface area contributed by atoms with Crippen LogP contribution in [0.15, 0.2) is 48.5 Å². The van der Waals surface area contributed by atoms with E-state index in [4.69, 9.17) is 9.47 Å². The maximum Gasteiger partial charge on any atom is 0.254 e. The van der Waals surface area contributed by atoms with Crippen molar-refractivity contribution in [1.29, 1.82) is 0 Å². The highest BCUT2D eigenvalue weighted by molar-refractivity contribution is 5.95. The first-order valence-corrected chi connectivity index (χ1v) is 8.13. The van der Waals surface area contributed by atoms with Crippen molar-refractivity contribution >= 4 is 11.6 Å². The lowest BCUT2D eigenvalue weighted by Gasteiger charge is -2.23. The number of aryl methyl sites for hydroxylation is 1. The number of carbonyl (C=O) groups is 1. The fraction of sp³-hybridized carbons (Fsp3) is 0.316. The molecule has 0 bridgehead atoms. The molecule has 1 aliphatic rings. The fourth-order valence-electron chi connectivity index (χ4n) is 2.53. The summed E-state index contributed by atoms with van der Waals surface area (Å²) in [6.45, 7) is 4.30. The van der Waals surface area contributed by atoms with Crippen LogP contribution in [0.3, 0.4) is 0 Å². The third-order valence-corrected chi connectivity index (χ3v) is 3.85. The molecule has 0 aromatic heterocycles. The number of hydrogen-bond acceptors (Lipinski definition) is 4. The summed E-state index contributed by atoms with van der Waals surface area (Å²) in [6.07, 6.45) is -0.470. The Morgan fingerprint density at radius 1 is 1.29 bits per heavy atom. The number of hydrogen-bond donors (Lipinski definition) is 2. The summed E-state index contributed by atoms with van der Waals surface area (Å²) in [6, 6.07) is 15.7. The normalized spacial score (nSPS) is 17.3. The summed E-state index contributed by atoms with van der Waals surface area (Å²) in [5.41, 5.74) is 2.82. The van der Waals surface area contributed by atoms with Crippen molar-refractivity contribution in [3.05, 3.63) is 59.7 Å². The molecule has 1 amide bonds. The maximum absolute atomic E-state index is 12.3. The Morgan fingerprint density at radius 3 is 2.88 bits per heavy atom. The van der Waals surface area contributed by atoms with E-state index in [0.717, 1.165) is 17.7 Å². The van der Waals surface area contributed by atoms with Gasteiger partial charge in [0, 0.05) is 13.1 Å². The zero-order valence-corrected chi connectivity index (χ0v) is 13.7. The van der Waals surface area contributed by atoms with Crippen LogP contribution < -0.4 is 15.4 Å². The van der Waals surface area contributed by atoms with Crippen LogP contribution in [-0.2, 0) is 16.1 Å². The minimum Gasteiger partial charge on any atom is -0.487 e. The highest BCUT2D eigenvalue weighted by Crippen LogP contribution is 2.27. The Labute approximate surface area is 142 Å². The lowest BCUT2D eigenvalue weighted by Crippen LogP contribution is -2.45. The molecule has 0 aliphatic carbocycles. The molecule has 0 saturated carbocycles.